The maximum absolute atomic E-state index is 11.8. The molecule has 1 heterocycles. The average molecular weight is 280 g/mol. The highest BCUT2D eigenvalue weighted by Crippen LogP contribution is 2.40. The molecule has 8 heteroatoms. The number of thioether (sulfide) groups is 1. The highest BCUT2D eigenvalue weighted by molar-refractivity contribution is 8.01. The predicted molar refractivity (Wildman–Crippen MR) is 66.8 cm³/mol. The number of carbonyl (C=O) groups is 1. The van der Waals surface area contributed by atoms with Gasteiger partial charge < -0.3 is 11.5 Å². The van der Waals surface area contributed by atoms with Gasteiger partial charge in [0.05, 0.1) is 15.6 Å². The fourth-order valence-corrected chi connectivity index (χ4v) is 4.92. The van der Waals surface area contributed by atoms with Crippen molar-refractivity contribution in [1.29, 1.82) is 0 Å². The zero-order valence-electron chi connectivity index (χ0n) is 8.81. The monoisotopic (exact) mass is 280 g/mol. The summed E-state index contributed by atoms with van der Waals surface area (Å²) in [7, 11) is -3.43. The fraction of sp³-hybridized carbons (Fsp3) is 0.375. The number of anilines is 1. The Balaban J connectivity index is 3.56. The number of amides is 1. The van der Waals surface area contributed by atoms with E-state index < -0.39 is 15.7 Å². The first-order valence-electron chi connectivity index (χ1n) is 4.34. The minimum atomic E-state index is -3.43. The molecule has 0 radical (unpaired) electrons. The molecule has 0 aliphatic rings. The van der Waals surface area contributed by atoms with E-state index >= 15 is 0 Å². The van der Waals surface area contributed by atoms with Crippen molar-refractivity contribution in [3.05, 3.63) is 4.88 Å². The van der Waals surface area contributed by atoms with Crippen molar-refractivity contribution >= 4 is 44.5 Å². The zero-order chi connectivity index (χ0) is 12.5. The fourth-order valence-electron chi connectivity index (χ4n) is 1.16. The number of thiophene rings is 1. The van der Waals surface area contributed by atoms with Crippen molar-refractivity contribution in [3.8, 4) is 0 Å². The number of carbonyl (C=O) groups excluding carboxylic acids is 1. The molecule has 0 unspecified atom stereocenters. The second-order valence-electron chi connectivity index (χ2n) is 2.93. The van der Waals surface area contributed by atoms with Gasteiger partial charge in [-0.05, 0) is 6.26 Å². The minimum Gasteiger partial charge on any atom is -0.396 e. The smallest absolute Gasteiger partial charge is 0.260 e. The third-order valence-electron chi connectivity index (χ3n) is 1.97. The summed E-state index contributed by atoms with van der Waals surface area (Å²) < 4.78 is 24.1. The molecule has 90 valence electrons. The van der Waals surface area contributed by atoms with E-state index in [1.807, 2.05) is 0 Å². The van der Waals surface area contributed by atoms with Crippen molar-refractivity contribution in [1.82, 2.24) is 0 Å². The normalized spacial score (nSPS) is 11.6. The number of nitrogens with two attached hydrogens (primary N) is 2. The molecule has 1 aromatic rings. The molecule has 5 nitrogen and oxygen atoms in total. The number of rotatable bonds is 4. The van der Waals surface area contributed by atoms with E-state index in [1.165, 1.54) is 18.7 Å². The van der Waals surface area contributed by atoms with Gasteiger partial charge in [0.1, 0.15) is 9.77 Å². The highest BCUT2D eigenvalue weighted by Gasteiger charge is 2.27. The first-order valence-corrected chi connectivity index (χ1v) is 8.03. The van der Waals surface area contributed by atoms with E-state index in [9.17, 15) is 13.2 Å². The number of nitrogen functional groups attached to an aromatic ring is 1. The van der Waals surface area contributed by atoms with Crippen LogP contribution in [0, 0.1) is 0 Å². The Morgan fingerprint density at radius 2 is 2.06 bits per heavy atom. The molecule has 0 saturated carbocycles. The lowest BCUT2D eigenvalue weighted by Crippen LogP contribution is -2.12. The van der Waals surface area contributed by atoms with Gasteiger partial charge in [0, 0.05) is 0 Å². The van der Waals surface area contributed by atoms with Crippen molar-refractivity contribution < 1.29 is 13.2 Å². The maximum Gasteiger partial charge on any atom is 0.260 e. The molecule has 0 atom stereocenters. The van der Waals surface area contributed by atoms with Gasteiger partial charge in [0.2, 0.25) is 0 Å². The minimum absolute atomic E-state index is 0.0244. The Kier molecular flexibility index (Phi) is 3.87. The molecular weight excluding hydrogens is 268 g/mol. The van der Waals surface area contributed by atoms with Crippen LogP contribution in [0.4, 0.5) is 5.69 Å². The maximum atomic E-state index is 11.8. The lowest BCUT2D eigenvalue weighted by atomic mass is 10.4. The predicted octanol–water partition coefficient (Wildman–Crippen LogP) is 0.945. The van der Waals surface area contributed by atoms with Crippen molar-refractivity contribution in [2.24, 2.45) is 5.73 Å². The third-order valence-corrected chi connectivity index (χ3v) is 6.37. The van der Waals surface area contributed by atoms with E-state index in [0.717, 1.165) is 11.3 Å². The number of hydrogen-bond acceptors (Lipinski definition) is 6. The van der Waals surface area contributed by atoms with Crippen LogP contribution in [0.25, 0.3) is 0 Å². The number of sulfone groups is 1. The van der Waals surface area contributed by atoms with Gasteiger partial charge in [-0.25, -0.2) is 8.42 Å². The topological polar surface area (TPSA) is 103 Å². The summed E-state index contributed by atoms with van der Waals surface area (Å²) in [6, 6.07) is 0. The molecule has 16 heavy (non-hydrogen) atoms. The second-order valence-corrected chi connectivity index (χ2v) is 7.24. The van der Waals surface area contributed by atoms with Gasteiger partial charge in [0.25, 0.3) is 5.91 Å². The van der Waals surface area contributed by atoms with E-state index in [4.69, 9.17) is 11.5 Å². The molecule has 4 N–H and O–H groups in total. The Hall–Kier alpha value is -0.730. The van der Waals surface area contributed by atoms with Crippen molar-refractivity contribution in [2.75, 3.05) is 17.7 Å². The highest BCUT2D eigenvalue weighted by atomic mass is 32.2. The summed E-state index contributed by atoms with van der Waals surface area (Å²) in [6.45, 7) is 1.53. The zero-order valence-corrected chi connectivity index (χ0v) is 11.3. The van der Waals surface area contributed by atoms with Gasteiger partial charge in [-0.3, -0.25) is 4.79 Å². The van der Waals surface area contributed by atoms with Gasteiger partial charge >= 0.3 is 0 Å². The van der Waals surface area contributed by atoms with Gasteiger partial charge in [-0.2, -0.15) is 0 Å². The molecule has 0 aliphatic carbocycles. The average Bonchev–Trinajstić information content (AvgIpc) is 2.56. The molecule has 1 rings (SSSR count). The molecule has 1 aromatic heterocycles. The van der Waals surface area contributed by atoms with Crippen LogP contribution >= 0.6 is 23.1 Å². The molecule has 0 fully saturated rings. The number of primary amides is 1. The van der Waals surface area contributed by atoms with E-state index in [0.29, 0.717) is 4.21 Å². The lowest BCUT2D eigenvalue weighted by molar-refractivity contribution is 0.100. The molecule has 0 saturated heterocycles. The SMILES string of the molecule is CCS(=O)(=O)c1c(SC)sc(C(N)=O)c1N. The lowest BCUT2D eigenvalue weighted by Gasteiger charge is -2.02. The summed E-state index contributed by atoms with van der Waals surface area (Å²) in [5.74, 6) is -0.755. The summed E-state index contributed by atoms with van der Waals surface area (Å²) in [4.78, 5) is 11.2. The summed E-state index contributed by atoms with van der Waals surface area (Å²) >= 11 is 2.26. The van der Waals surface area contributed by atoms with Crippen LogP contribution in [-0.2, 0) is 9.84 Å². The van der Waals surface area contributed by atoms with Crippen LogP contribution in [0.3, 0.4) is 0 Å². The summed E-state index contributed by atoms with van der Waals surface area (Å²) in [5.41, 5.74) is 10.8. The standard InChI is InChI=1S/C8H12N2O3S3/c1-3-16(12,13)6-4(9)5(7(10)11)15-8(6)14-2/h3,9H2,1-2H3,(H2,10,11). The van der Waals surface area contributed by atoms with E-state index in [2.05, 4.69) is 0 Å². The molecule has 1 amide bonds. The Morgan fingerprint density at radius 3 is 2.44 bits per heavy atom. The number of hydrogen-bond donors (Lipinski definition) is 2. The van der Waals surface area contributed by atoms with Gasteiger partial charge in [-0.15, -0.1) is 23.1 Å². The molecule has 0 bridgehead atoms. The van der Waals surface area contributed by atoms with Gasteiger partial charge in [0.15, 0.2) is 9.84 Å². The quantitative estimate of drug-likeness (QED) is 0.799. The van der Waals surface area contributed by atoms with Crippen LogP contribution in [0.1, 0.15) is 16.6 Å². The molecule has 0 aromatic carbocycles. The third kappa shape index (κ3) is 2.18. The van der Waals surface area contributed by atoms with Crippen LogP contribution in [0.2, 0.25) is 0 Å². The van der Waals surface area contributed by atoms with E-state index in [1.54, 1.807) is 6.26 Å². The molecule has 0 aliphatic heterocycles. The van der Waals surface area contributed by atoms with Crippen LogP contribution in [-0.4, -0.2) is 26.3 Å². The Labute approximate surface area is 102 Å². The van der Waals surface area contributed by atoms with Crippen LogP contribution < -0.4 is 11.5 Å². The first-order chi connectivity index (χ1) is 7.35. The van der Waals surface area contributed by atoms with E-state index in [-0.39, 0.29) is 21.2 Å². The van der Waals surface area contributed by atoms with Crippen LogP contribution in [0.15, 0.2) is 9.10 Å². The van der Waals surface area contributed by atoms with Crippen molar-refractivity contribution in [3.63, 3.8) is 0 Å². The van der Waals surface area contributed by atoms with Crippen molar-refractivity contribution in [2.45, 2.75) is 16.0 Å². The second kappa shape index (κ2) is 4.64. The Morgan fingerprint density at radius 1 is 1.50 bits per heavy atom. The van der Waals surface area contributed by atoms with Gasteiger partial charge in [-0.1, -0.05) is 6.92 Å². The Bertz CT molecular complexity index is 519. The first kappa shape index (κ1) is 13.3. The summed E-state index contributed by atoms with van der Waals surface area (Å²) in [5, 5.41) is 0. The summed E-state index contributed by atoms with van der Waals surface area (Å²) in [6.07, 6.45) is 1.73. The molecular formula is C8H12N2O3S3. The largest absolute Gasteiger partial charge is 0.396 e. The molecule has 0 spiro atoms. The van der Waals surface area contributed by atoms with Crippen LogP contribution in [0.5, 0.6) is 0 Å².